The minimum Gasteiger partial charge on any atom is -0.379 e. The molecule has 0 spiro atoms. The number of anilines is 2. The SMILES string of the molecule is Cc1c(Nc2ccc(CN3CCOCC3)cc2)c(=O)n(-c2ccccc2)n1C. The molecule has 3 aromatic rings. The number of para-hydroxylation sites is 1. The van der Waals surface area contributed by atoms with Gasteiger partial charge in [-0.3, -0.25) is 14.4 Å². The van der Waals surface area contributed by atoms with Crippen LogP contribution in [0.2, 0.25) is 0 Å². The minimum atomic E-state index is -0.0522. The summed E-state index contributed by atoms with van der Waals surface area (Å²) in [6, 6.07) is 18.0. The molecule has 0 saturated carbocycles. The number of rotatable bonds is 5. The topological polar surface area (TPSA) is 51.4 Å². The van der Waals surface area contributed by atoms with Gasteiger partial charge < -0.3 is 10.1 Å². The van der Waals surface area contributed by atoms with Crippen molar-refractivity contribution in [3.63, 3.8) is 0 Å². The number of ether oxygens (including phenoxy) is 1. The Hall–Kier alpha value is -2.83. The maximum atomic E-state index is 13.0. The van der Waals surface area contributed by atoms with Gasteiger partial charge in [-0.25, -0.2) is 4.68 Å². The molecule has 1 aliphatic heterocycles. The van der Waals surface area contributed by atoms with Crippen LogP contribution in [0.15, 0.2) is 59.4 Å². The van der Waals surface area contributed by atoms with Crippen molar-refractivity contribution in [2.45, 2.75) is 13.5 Å². The first kappa shape index (κ1) is 18.5. The maximum Gasteiger partial charge on any atom is 0.295 e. The lowest BCUT2D eigenvalue weighted by Crippen LogP contribution is -2.35. The molecular formula is C22H26N4O2. The zero-order chi connectivity index (χ0) is 19.5. The van der Waals surface area contributed by atoms with E-state index in [9.17, 15) is 4.79 Å². The van der Waals surface area contributed by atoms with Crippen molar-refractivity contribution in [2.24, 2.45) is 7.05 Å². The number of nitrogens with one attached hydrogen (secondary N) is 1. The normalized spacial score (nSPS) is 14.9. The van der Waals surface area contributed by atoms with Gasteiger partial charge in [0.25, 0.3) is 5.56 Å². The quantitative estimate of drug-likeness (QED) is 0.741. The van der Waals surface area contributed by atoms with Gasteiger partial charge >= 0.3 is 0 Å². The summed E-state index contributed by atoms with van der Waals surface area (Å²) in [4.78, 5) is 15.4. The minimum absolute atomic E-state index is 0.0522. The van der Waals surface area contributed by atoms with Gasteiger partial charge in [0, 0.05) is 32.4 Å². The summed E-state index contributed by atoms with van der Waals surface area (Å²) in [6.07, 6.45) is 0. The number of hydrogen-bond acceptors (Lipinski definition) is 4. The van der Waals surface area contributed by atoms with Crippen molar-refractivity contribution in [1.82, 2.24) is 14.3 Å². The lowest BCUT2D eigenvalue weighted by Gasteiger charge is -2.26. The first-order valence-corrected chi connectivity index (χ1v) is 9.63. The molecule has 1 saturated heterocycles. The summed E-state index contributed by atoms with van der Waals surface area (Å²) in [5, 5.41) is 3.31. The van der Waals surface area contributed by atoms with E-state index < -0.39 is 0 Å². The molecule has 6 nitrogen and oxygen atoms in total. The fourth-order valence-corrected chi connectivity index (χ4v) is 3.57. The lowest BCUT2D eigenvalue weighted by molar-refractivity contribution is 0.0342. The first-order valence-electron chi connectivity index (χ1n) is 9.63. The van der Waals surface area contributed by atoms with Gasteiger partial charge in [0.15, 0.2) is 0 Å². The lowest BCUT2D eigenvalue weighted by atomic mass is 10.2. The Morgan fingerprint density at radius 3 is 2.36 bits per heavy atom. The van der Waals surface area contributed by atoms with Crippen molar-refractivity contribution >= 4 is 11.4 Å². The molecule has 1 fully saturated rings. The number of benzene rings is 2. The van der Waals surface area contributed by atoms with Crippen LogP contribution < -0.4 is 10.9 Å². The van der Waals surface area contributed by atoms with Crippen LogP contribution in [0.5, 0.6) is 0 Å². The Balaban J connectivity index is 1.54. The molecule has 4 rings (SSSR count). The van der Waals surface area contributed by atoms with Gasteiger partial charge in [-0.05, 0) is 36.8 Å². The molecule has 0 amide bonds. The summed E-state index contributed by atoms with van der Waals surface area (Å²) in [5.41, 5.74) is 4.48. The highest BCUT2D eigenvalue weighted by molar-refractivity contribution is 5.62. The smallest absolute Gasteiger partial charge is 0.295 e. The number of morpholine rings is 1. The van der Waals surface area contributed by atoms with Crippen LogP contribution in [0.3, 0.4) is 0 Å². The molecule has 2 aromatic carbocycles. The second-order valence-corrected chi connectivity index (χ2v) is 7.15. The second-order valence-electron chi connectivity index (χ2n) is 7.15. The summed E-state index contributed by atoms with van der Waals surface area (Å²) in [5.74, 6) is 0. The molecule has 0 unspecified atom stereocenters. The second kappa shape index (κ2) is 8.04. The molecule has 0 bridgehead atoms. The van der Waals surface area contributed by atoms with Crippen molar-refractivity contribution in [2.75, 3.05) is 31.6 Å². The Bertz CT molecular complexity index is 984. The third kappa shape index (κ3) is 3.74. The Morgan fingerprint density at radius 2 is 1.68 bits per heavy atom. The molecule has 0 atom stereocenters. The molecule has 146 valence electrons. The van der Waals surface area contributed by atoms with E-state index in [1.807, 2.05) is 61.1 Å². The number of hydrogen-bond donors (Lipinski definition) is 1. The first-order chi connectivity index (χ1) is 13.6. The van der Waals surface area contributed by atoms with E-state index in [1.54, 1.807) is 4.68 Å². The van der Waals surface area contributed by atoms with E-state index in [0.717, 1.165) is 49.9 Å². The van der Waals surface area contributed by atoms with Gasteiger partial charge in [-0.15, -0.1) is 0 Å². The molecule has 0 aliphatic carbocycles. The molecule has 1 N–H and O–H groups in total. The molecule has 28 heavy (non-hydrogen) atoms. The van der Waals surface area contributed by atoms with Crippen LogP contribution in [0.4, 0.5) is 11.4 Å². The highest BCUT2D eigenvalue weighted by Crippen LogP contribution is 2.20. The van der Waals surface area contributed by atoms with Gasteiger partial charge in [-0.2, -0.15) is 0 Å². The largest absolute Gasteiger partial charge is 0.379 e. The predicted molar refractivity (Wildman–Crippen MR) is 112 cm³/mol. The molecule has 1 aromatic heterocycles. The zero-order valence-corrected chi connectivity index (χ0v) is 16.4. The van der Waals surface area contributed by atoms with Gasteiger partial charge in [-0.1, -0.05) is 30.3 Å². The molecular weight excluding hydrogens is 352 g/mol. The Labute approximate surface area is 164 Å². The van der Waals surface area contributed by atoms with Gasteiger partial charge in [0.05, 0.1) is 24.6 Å². The van der Waals surface area contributed by atoms with Gasteiger partial charge in [0.1, 0.15) is 5.69 Å². The van der Waals surface area contributed by atoms with Crippen LogP contribution in [0, 0.1) is 6.92 Å². The average Bonchev–Trinajstić information content (AvgIpc) is 2.94. The standard InChI is InChI=1S/C22H26N4O2/c1-17-21(22(27)26(24(17)2)20-6-4-3-5-7-20)23-19-10-8-18(9-11-19)16-25-12-14-28-15-13-25/h3-11,23H,12-16H2,1-2H3. The van der Waals surface area contributed by atoms with Crippen LogP contribution in [-0.2, 0) is 18.3 Å². The van der Waals surface area contributed by atoms with Crippen molar-refractivity contribution < 1.29 is 4.74 Å². The third-order valence-corrected chi connectivity index (χ3v) is 5.29. The highest BCUT2D eigenvalue weighted by atomic mass is 16.5. The van der Waals surface area contributed by atoms with E-state index in [2.05, 4.69) is 22.3 Å². The van der Waals surface area contributed by atoms with Crippen LogP contribution in [-0.4, -0.2) is 40.6 Å². The molecule has 0 radical (unpaired) electrons. The van der Waals surface area contributed by atoms with Crippen molar-refractivity contribution in [3.05, 3.63) is 76.2 Å². The van der Waals surface area contributed by atoms with Crippen molar-refractivity contribution in [3.8, 4) is 5.69 Å². The fraction of sp³-hybridized carbons (Fsp3) is 0.318. The molecule has 1 aliphatic rings. The van der Waals surface area contributed by atoms with Crippen LogP contribution >= 0.6 is 0 Å². The highest BCUT2D eigenvalue weighted by Gasteiger charge is 2.16. The zero-order valence-electron chi connectivity index (χ0n) is 16.4. The van der Waals surface area contributed by atoms with Gasteiger partial charge in [0.2, 0.25) is 0 Å². The predicted octanol–water partition coefficient (Wildman–Crippen LogP) is 3.06. The van der Waals surface area contributed by atoms with Crippen LogP contribution in [0.1, 0.15) is 11.3 Å². The Kier molecular flexibility index (Phi) is 5.32. The summed E-state index contributed by atoms with van der Waals surface area (Å²) >= 11 is 0. The summed E-state index contributed by atoms with van der Waals surface area (Å²) in [7, 11) is 1.90. The molecule has 2 heterocycles. The average molecular weight is 378 g/mol. The maximum absolute atomic E-state index is 13.0. The Morgan fingerprint density at radius 1 is 1.00 bits per heavy atom. The summed E-state index contributed by atoms with van der Waals surface area (Å²) in [6.45, 7) is 6.44. The third-order valence-electron chi connectivity index (χ3n) is 5.29. The van der Waals surface area contributed by atoms with E-state index in [0.29, 0.717) is 5.69 Å². The van der Waals surface area contributed by atoms with E-state index in [4.69, 9.17) is 4.74 Å². The van der Waals surface area contributed by atoms with E-state index >= 15 is 0 Å². The molecule has 6 heteroatoms. The summed E-state index contributed by atoms with van der Waals surface area (Å²) < 4.78 is 8.97. The number of aromatic nitrogens is 2. The van der Waals surface area contributed by atoms with E-state index in [1.165, 1.54) is 5.56 Å². The van der Waals surface area contributed by atoms with Crippen molar-refractivity contribution in [1.29, 1.82) is 0 Å². The van der Waals surface area contributed by atoms with E-state index in [-0.39, 0.29) is 5.56 Å². The fourth-order valence-electron chi connectivity index (χ4n) is 3.57. The van der Waals surface area contributed by atoms with Crippen LogP contribution in [0.25, 0.3) is 5.69 Å². The monoisotopic (exact) mass is 378 g/mol. The number of nitrogens with zero attached hydrogens (tertiary/aromatic N) is 3.